The molecule has 1 heterocycles. The third kappa shape index (κ3) is 3.39. The van der Waals surface area contributed by atoms with Crippen LogP contribution >= 0.6 is 23.2 Å². The summed E-state index contributed by atoms with van der Waals surface area (Å²) < 4.78 is 0. The molecule has 0 aliphatic carbocycles. The van der Waals surface area contributed by atoms with Gasteiger partial charge in [0.2, 0.25) is 0 Å². The lowest BCUT2D eigenvalue weighted by Crippen LogP contribution is -1.96. The van der Waals surface area contributed by atoms with Crippen LogP contribution < -0.4 is 0 Å². The summed E-state index contributed by atoms with van der Waals surface area (Å²) in [6.07, 6.45) is 2.65. The van der Waals surface area contributed by atoms with Gasteiger partial charge in [0.25, 0.3) is 0 Å². The van der Waals surface area contributed by atoms with E-state index in [0.29, 0.717) is 10.0 Å². The van der Waals surface area contributed by atoms with E-state index in [9.17, 15) is 0 Å². The largest absolute Gasteiger partial charge is 0.278 e. The summed E-state index contributed by atoms with van der Waals surface area (Å²) in [5.74, 6) is 0. The molecule has 3 aromatic carbocycles. The topological polar surface area (TPSA) is 28.7 Å². The smallest absolute Gasteiger partial charge is 0.0650 e. The van der Waals surface area contributed by atoms with Gasteiger partial charge in [-0.3, -0.25) is 5.10 Å². The van der Waals surface area contributed by atoms with Crippen LogP contribution in [0.3, 0.4) is 0 Å². The van der Waals surface area contributed by atoms with Crippen LogP contribution in [-0.2, 0) is 0 Å². The van der Waals surface area contributed by atoms with Crippen molar-refractivity contribution in [3.8, 4) is 0 Å². The molecule has 2 nitrogen and oxygen atoms in total. The summed E-state index contributed by atoms with van der Waals surface area (Å²) in [4.78, 5) is 0. The Hall–Kier alpha value is -2.55. The molecule has 0 saturated carbocycles. The second-order valence-electron chi connectivity index (χ2n) is 6.34. The van der Waals surface area contributed by atoms with Gasteiger partial charge in [0.15, 0.2) is 0 Å². The molecule has 4 aromatic rings. The van der Waals surface area contributed by atoms with E-state index in [-0.39, 0.29) is 0 Å². The molecular weight excluding hydrogens is 375 g/mol. The Balaban J connectivity index is 2.06. The van der Waals surface area contributed by atoms with Gasteiger partial charge in [-0.2, -0.15) is 5.10 Å². The molecule has 0 atom stereocenters. The normalized spacial score (nSPS) is 12.3. The van der Waals surface area contributed by atoms with Gasteiger partial charge in [0, 0.05) is 21.0 Å². The van der Waals surface area contributed by atoms with Crippen LogP contribution in [-0.4, -0.2) is 10.2 Å². The first-order valence-electron chi connectivity index (χ1n) is 8.85. The van der Waals surface area contributed by atoms with Gasteiger partial charge in [-0.1, -0.05) is 72.6 Å². The number of nitrogens with zero attached hydrogens (tertiary/aromatic N) is 1. The van der Waals surface area contributed by atoms with Crippen molar-refractivity contribution in [2.24, 2.45) is 0 Å². The minimum absolute atomic E-state index is 0.664. The Morgan fingerprint density at radius 1 is 0.889 bits per heavy atom. The number of hydrogen-bond donors (Lipinski definition) is 1. The minimum atomic E-state index is 0.664. The molecule has 0 radical (unpaired) electrons. The number of H-pyrrole nitrogens is 1. The monoisotopic (exact) mass is 392 g/mol. The number of nitrogens with one attached hydrogen (secondary N) is 1. The lowest BCUT2D eigenvalue weighted by molar-refractivity contribution is 1.12. The summed E-state index contributed by atoms with van der Waals surface area (Å²) in [5.41, 5.74) is 6.42. The highest BCUT2D eigenvalue weighted by Crippen LogP contribution is 2.40. The third-order valence-corrected chi connectivity index (χ3v) is 5.34. The fourth-order valence-corrected chi connectivity index (χ4v) is 4.11. The number of fused-ring (bicyclic) bond motifs is 1. The number of hydrogen-bond acceptors (Lipinski definition) is 1. The highest BCUT2D eigenvalue weighted by atomic mass is 35.5. The van der Waals surface area contributed by atoms with Crippen molar-refractivity contribution in [3.63, 3.8) is 0 Å². The molecule has 0 amide bonds. The molecule has 1 N–H and O–H groups in total. The summed E-state index contributed by atoms with van der Waals surface area (Å²) in [7, 11) is 0. The number of benzene rings is 3. The average molecular weight is 393 g/mol. The van der Waals surface area contributed by atoms with Crippen molar-refractivity contribution in [2.75, 3.05) is 0 Å². The van der Waals surface area contributed by atoms with Crippen LogP contribution in [0.25, 0.3) is 22.0 Å². The lowest BCUT2D eigenvalue weighted by atomic mass is 9.88. The molecule has 27 heavy (non-hydrogen) atoms. The van der Waals surface area contributed by atoms with E-state index < -0.39 is 0 Å². The zero-order valence-electron chi connectivity index (χ0n) is 14.8. The molecule has 0 bridgehead atoms. The maximum absolute atomic E-state index is 6.57. The van der Waals surface area contributed by atoms with Crippen LogP contribution in [0.15, 0.2) is 72.9 Å². The number of allylic oxidation sites excluding steroid dienone is 1. The second kappa shape index (κ2) is 7.59. The Morgan fingerprint density at radius 2 is 1.63 bits per heavy atom. The molecule has 134 valence electrons. The van der Waals surface area contributed by atoms with Crippen molar-refractivity contribution in [1.29, 1.82) is 0 Å². The summed E-state index contributed by atoms with van der Waals surface area (Å²) >= 11 is 13.1. The van der Waals surface area contributed by atoms with Gasteiger partial charge in [0.1, 0.15) is 0 Å². The molecule has 0 spiro atoms. The number of halogens is 2. The lowest BCUT2D eigenvalue weighted by Gasteiger charge is -2.18. The van der Waals surface area contributed by atoms with Gasteiger partial charge >= 0.3 is 0 Å². The fraction of sp³-hybridized carbons (Fsp3) is 0.0870. The van der Waals surface area contributed by atoms with Crippen LogP contribution in [0, 0.1) is 0 Å². The fourth-order valence-electron chi connectivity index (χ4n) is 3.48. The van der Waals surface area contributed by atoms with Crippen LogP contribution in [0.2, 0.25) is 10.0 Å². The van der Waals surface area contributed by atoms with E-state index in [1.54, 1.807) is 0 Å². The molecule has 0 unspecified atom stereocenters. The van der Waals surface area contributed by atoms with E-state index in [4.69, 9.17) is 23.2 Å². The van der Waals surface area contributed by atoms with Gasteiger partial charge < -0.3 is 0 Å². The van der Waals surface area contributed by atoms with Crippen molar-refractivity contribution < 1.29 is 0 Å². The van der Waals surface area contributed by atoms with Crippen molar-refractivity contribution in [1.82, 2.24) is 10.2 Å². The first-order valence-corrected chi connectivity index (χ1v) is 9.61. The molecule has 4 heteroatoms. The van der Waals surface area contributed by atoms with Gasteiger partial charge in [0.05, 0.1) is 11.7 Å². The molecule has 0 aliphatic rings. The van der Waals surface area contributed by atoms with E-state index in [2.05, 4.69) is 47.5 Å². The molecule has 0 saturated heterocycles. The summed E-state index contributed by atoms with van der Waals surface area (Å²) in [5, 5.41) is 9.55. The SMILES string of the molecule is CC/C(=C(/c1ccccc1)c1ccc2[nH]ncc2c1)c1c(Cl)cccc1Cl. The Labute approximate surface area is 168 Å². The minimum Gasteiger partial charge on any atom is -0.278 e. The summed E-state index contributed by atoms with van der Waals surface area (Å²) in [6.45, 7) is 2.13. The van der Waals surface area contributed by atoms with Crippen molar-refractivity contribution in [2.45, 2.75) is 13.3 Å². The highest BCUT2D eigenvalue weighted by molar-refractivity contribution is 6.38. The predicted octanol–water partition coefficient (Wildman–Crippen LogP) is 7.24. The van der Waals surface area contributed by atoms with Crippen LogP contribution in [0.5, 0.6) is 0 Å². The van der Waals surface area contributed by atoms with Crippen LogP contribution in [0.4, 0.5) is 0 Å². The van der Waals surface area contributed by atoms with E-state index in [0.717, 1.165) is 45.2 Å². The predicted molar refractivity (Wildman–Crippen MR) is 115 cm³/mol. The molecule has 4 rings (SSSR count). The molecular formula is C23H18Cl2N2. The molecule has 0 fully saturated rings. The average Bonchev–Trinajstić information content (AvgIpc) is 3.15. The van der Waals surface area contributed by atoms with Crippen LogP contribution in [0.1, 0.15) is 30.0 Å². The number of aromatic nitrogens is 2. The Bertz CT molecular complexity index is 1110. The number of rotatable bonds is 4. The summed E-state index contributed by atoms with van der Waals surface area (Å²) in [6, 6.07) is 22.3. The molecule has 1 aromatic heterocycles. The first kappa shape index (κ1) is 17.8. The maximum Gasteiger partial charge on any atom is 0.0650 e. The van der Waals surface area contributed by atoms with Crippen molar-refractivity contribution in [3.05, 3.63) is 99.7 Å². The number of aromatic amines is 1. The van der Waals surface area contributed by atoms with Gasteiger partial charge in [-0.15, -0.1) is 0 Å². The van der Waals surface area contributed by atoms with Crippen molar-refractivity contribution >= 4 is 45.3 Å². The quantitative estimate of drug-likeness (QED) is 0.364. The third-order valence-electron chi connectivity index (χ3n) is 4.71. The van der Waals surface area contributed by atoms with E-state index in [1.165, 1.54) is 0 Å². The van der Waals surface area contributed by atoms with Gasteiger partial charge in [-0.25, -0.2) is 0 Å². The maximum atomic E-state index is 6.57. The zero-order chi connectivity index (χ0) is 18.8. The Morgan fingerprint density at radius 3 is 2.33 bits per heavy atom. The van der Waals surface area contributed by atoms with Gasteiger partial charge in [-0.05, 0) is 53.0 Å². The molecule has 0 aliphatic heterocycles. The standard InChI is InChI=1S/C23H18Cl2N2/c1-2-18(23-19(24)9-6-10-20(23)25)22(15-7-4-3-5-8-15)16-11-12-21-17(13-16)14-26-27-21/h3-14H,2H2,1H3,(H,26,27)/b22-18+. The highest BCUT2D eigenvalue weighted by Gasteiger charge is 2.17. The Kier molecular flexibility index (Phi) is 5.02. The van der Waals surface area contributed by atoms with E-state index in [1.807, 2.05) is 42.6 Å². The second-order valence-corrected chi connectivity index (χ2v) is 7.16. The van der Waals surface area contributed by atoms with E-state index >= 15 is 0 Å². The zero-order valence-corrected chi connectivity index (χ0v) is 16.4. The first-order chi connectivity index (χ1) is 13.2.